The first kappa shape index (κ1) is 58.4. The van der Waals surface area contributed by atoms with Crippen molar-refractivity contribution in [1.82, 2.24) is 22.8 Å². The number of fused-ring (bicyclic) bond motifs is 20. The molecule has 5 heterocycles. The number of para-hydroxylation sites is 10. The second kappa shape index (κ2) is 22.7. The molecule has 5 aromatic heterocycles. The van der Waals surface area contributed by atoms with Crippen LogP contribution in [0.3, 0.4) is 0 Å². The first-order valence-corrected chi connectivity index (χ1v) is 34.7. The molecule has 0 spiro atoms. The molecule has 7 nitrogen and oxygen atoms in total. The molecule has 0 saturated heterocycles. The van der Waals surface area contributed by atoms with Gasteiger partial charge in [0, 0.05) is 76.3 Å². The smallest absolute Gasteiger partial charge is 0.211 e. The fourth-order valence-electron chi connectivity index (χ4n) is 17.3. The number of hydrogen-bond acceptors (Lipinski definition) is 0. The fourth-order valence-corrected chi connectivity index (χ4v) is 17.3. The van der Waals surface area contributed by atoms with Crippen molar-refractivity contribution in [2.75, 3.05) is 0 Å². The topological polar surface area (TPSA) is 33.4 Å². The van der Waals surface area contributed by atoms with Crippen molar-refractivity contribution in [3.05, 3.63) is 368 Å². The van der Waals surface area contributed by atoms with E-state index in [0.29, 0.717) is 11.4 Å². The molecule has 0 saturated carbocycles. The van der Waals surface area contributed by atoms with Crippen LogP contribution in [0.2, 0.25) is 0 Å². The highest BCUT2D eigenvalue weighted by molar-refractivity contribution is 6.26. The lowest BCUT2D eigenvalue weighted by Gasteiger charge is -2.21. The molecule has 0 bridgehead atoms. The molecule has 7 heteroatoms. The molecule has 0 aliphatic heterocycles. The van der Waals surface area contributed by atoms with Gasteiger partial charge in [-0.1, -0.05) is 257 Å². The monoisotopic (exact) mass is 1300 g/mol. The molecule has 0 unspecified atom stereocenters. The van der Waals surface area contributed by atoms with Crippen molar-refractivity contribution in [1.29, 1.82) is 0 Å². The van der Waals surface area contributed by atoms with Gasteiger partial charge < -0.3 is 22.8 Å². The van der Waals surface area contributed by atoms with Crippen LogP contribution in [0, 0.1) is 13.1 Å². The van der Waals surface area contributed by atoms with Crippen molar-refractivity contribution in [3.63, 3.8) is 0 Å². The van der Waals surface area contributed by atoms with Crippen LogP contribution in [0.5, 0.6) is 0 Å². The summed E-state index contributed by atoms with van der Waals surface area (Å²) < 4.78 is 11.8. The van der Waals surface area contributed by atoms with E-state index in [4.69, 9.17) is 13.1 Å². The molecular weight excluding hydrogens is 1240 g/mol. The molecule has 21 rings (SSSR count). The Labute approximate surface area is 588 Å². The van der Waals surface area contributed by atoms with Gasteiger partial charge in [0.2, 0.25) is 11.4 Å². The third-order valence-corrected chi connectivity index (χ3v) is 21.6. The SMILES string of the molecule is [C-]#[N+]c1cccc(-c2cccc(-n3c4ccccc4c4c3ccc3c5ccccc5n(-c5ccccc5)c34)c2)c1-n1c2ccccc2c2ccccc21.[C-]#[N+]c1cccc(-c2cccc(-n3c4ccccc4c4c5c(ccc43)C(C)(C)c3ccccc3-5)c2)c1-n1c2ccccc2c2ccccc21. The molecule has 0 atom stereocenters. The molecule has 102 heavy (non-hydrogen) atoms. The third kappa shape index (κ3) is 8.46. The fraction of sp³-hybridized carbons (Fsp3) is 0.0316. The van der Waals surface area contributed by atoms with Gasteiger partial charge >= 0.3 is 0 Å². The standard InChI is InChI=1S/C49H30N4.C46H31N3/c1-50-41-24-14-23-35(48(41)53-43-26-10-5-19-36(43)37-20-6-11-27-44(37)53)32-15-13-18-34(31-32)51-45-28-12-8-22-40(45)47-46(51)30-29-39-38-21-7-9-25-42(38)52(49(39)47)33-16-3-2-4-17-33;1-46(2)36-21-8-4-18-34(36)43-37(46)26-27-42-44(43)35-19-7-11-25-41(35)48(42)30-15-12-14-29(28-30)31-20-13-22-38(47-3)45(31)49-39-23-9-5-16-32(39)33-17-6-10-24-40(33)49/h2-31H;4-28H,1-2H3. The molecule has 0 N–H and O–H groups in total. The summed E-state index contributed by atoms with van der Waals surface area (Å²) >= 11 is 0. The highest BCUT2D eigenvalue weighted by Crippen LogP contribution is 2.54. The minimum Gasteiger partial charge on any atom is -0.318 e. The van der Waals surface area contributed by atoms with Crippen molar-refractivity contribution < 1.29 is 0 Å². The van der Waals surface area contributed by atoms with Crippen LogP contribution in [-0.4, -0.2) is 22.8 Å². The summed E-state index contributed by atoms with van der Waals surface area (Å²) in [6.45, 7) is 21.2. The van der Waals surface area contributed by atoms with E-state index in [0.717, 1.165) is 83.8 Å². The van der Waals surface area contributed by atoms with Crippen LogP contribution in [0.4, 0.5) is 11.4 Å². The summed E-state index contributed by atoms with van der Waals surface area (Å²) in [5.41, 5.74) is 27.3. The summed E-state index contributed by atoms with van der Waals surface area (Å²) in [5.74, 6) is 0. The van der Waals surface area contributed by atoms with E-state index in [2.05, 4.69) is 356 Å². The normalized spacial score (nSPS) is 12.5. The molecule has 0 fully saturated rings. The van der Waals surface area contributed by atoms with Gasteiger partial charge in [0.1, 0.15) is 0 Å². The number of nitrogens with zero attached hydrogens (tertiary/aromatic N) is 7. The van der Waals surface area contributed by atoms with Crippen LogP contribution >= 0.6 is 0 Å². The third-order valence-electron chi connectivity index (χ3n) is 21.6. The highest BCUT2D eigenvalue weighted by Gasteiger charge is 2.37. The Kier molecular flexibility index (Phi) is 13.0. The predicted octanol–water partition coefficient (Wildman–Crippen LogP) is 25.6. The van der Waals surface area contributed by atoms with Crippen LogP contribution in [0.1, 0.15) is 25.0 Å². The Morgan fingerprint density at radius 3 is 1.11 bits per heavy atom. The summed E-state index contributed by atoms with van der Waals surface area (Å²) in [6, 6.07) is 119. The second-order valence-corrected chi connectivity index (χ2v) is 27.2. The van der Waals surface area contributed by atoms with Gasteiger partial charge in [-0.2, -0.15) is 0 Å². The molecule has 0 radical (unpaired) electrons. The summed E-state index contributed by atoms with van der Waals surface area (Å²) in [4.78, 5) is 8.15. The Bertz CT molecular complexity index is 6900. The number of aromatic nitrogens is 5. The maximum atomic E-state index is 8.29. The van der Waals surface area contributed by atoms with Crippen molar-refractivity contribution in [2.45, 2.75) is 19.3 Å². The lowest BCUT2D eigenvalue weighted by atomic mass is 9.82. The molecule has 20 aromatic rings. The summed E-state index contributed by atoms with van der Waals surface area (Å²) in [7, 11) is 0. The minimum atomic E-state index is -0.0691. The number of hydrogen-bond donors (Lipinski definition) is 0. The van der Waals surface area contributed by atoms with E-state index in [1.54, 1.807) is 0 Å². The molecule has 1 aliphatic rings. The van der Waals surface area contributed by atoms with Crippen molar-refractivity contribution in [2.24, 2.45) is 0 Å². The Balaban J connectivity index is 0.000000137. The minimum absolute atomic E-state index is 0.0691. The lowest BCUT2D eigenvalue weighted by molar-refractivity contribution is 0.661. The molecule has 1 aliphatic carbocycles. The molecule has 476 valence electrons. The Morgan fingerprint density at radius 1 is 0.255 bits per heavy atom. The number of benzene rings is 15. The highest BCUT2D eigenvalue weighted by atomic mass is 15.0. The zero-order valence-electron chi connectivity index (χ0n) is 55.9. The van der Waals surface area contributed by atoms with Crippen LogP contribution < -0.4 is 0 Å². The average Bonchev–Trinajstić information content (AvgIpc) is 1.55. The van der Waals surface area contributed by atoms with E-state index in [9.17, 15) is 0 Å². The molecular formula is C95H61N7. The molecule has 15 aromatic carbocycles. The van der Waals surface area contributed by atoms with E-state index < -0.39 is 0 Å². The van der Waals surface area contributed by atoms with Crippen molar-refractivity contribution >= 4 is 120 Å². The number of rotatable bonds is 7. The zero-order chi connectivity index (χ0) is 67.9. The van der Waals surface area contributed by atoms with Gasteiger partial charge in [-0.15, -0.1) is 0 Å². The quantitative estimate of drug-likeness (QED) is 0.143. The first-order valence-electron chi connectivity index (χ1n) is 34.7. The van der Waals surface area contributed by atoms with Gasteiger partial charge in [0.15, 0.2) is 0 Å². The average molecular weight is 1300 g/mol. The van der Waals surface area contributed by atoms with Gasteiger partial charge in [-0.3, -0.25) is 0 Å². The maximum Gasteiger partial charge on any atom is 0.211 e. The second-order valence-electron chi connectivity index (χ2n) is 27.2. The predicted molar refractivity (Wildman–Crippen MR) is 426 cm³/mol. The van der Waals surface area contributed by atoms with E-state index >= 15 is 0 Å². The van der Waals surface area contributed by atoms with Crippen LogP contribution in [-0.2, 0) is 5.41 Å². The van der Waals surface area contributed by atoms with E-state index in [1.807, 2.05) is 24.3 Å². The van der Waals surface area contributed by atoms with E-state index in [1.165, 1.54) is 98.2 Å². The van der Waals surface area contributed by atoms with Gasteiger partial charge in [0.05, 0.1) is 79.7 Å². The summed E-state index contributed by atoms with van der Waals surface area (Å²) in [6.07, 6.45) is 0. The molecule has 0 amide bonds. The lowest BCUT2D eigenvalue weighted by Crippen LogP contribution is -2.14. The van der Waals surface area contributed by atoms with E-state index in [-0.39, 0.29) is 5.41 Å². The van der Waals surface area contributed by atoms with Gasteiger partial charge in [0.25, 0.3) is 0 Å². The van der Waals surface area contributed by atoms with Gasteiger partial charge in [-0.25, -0.2) is 9.69 Å². The van der Waals surface area contributed by atoms with Crippen LogP contribution in [0.25, 0.3) is 181 Å². The van der Waals surface area contributed by atoms with Gasteiger partial charge in [-0.05, 0) is 136 Å². The first-order chi connectivity index (χ1) is 50.4. The van der Waals surface area contributed by atoms with Crippen LogP contribution in [0.15, 0.2) is 334 Å². The maximum absolute atomic E-state index is 8.29. The van der Waals surface area contributed by atoms with Crippen molar-refractivity contribution in [3.8, 4) is 61.8 Å². The Morgan fingerprint density at radius 2 is 0.618 bits per heavy atom. The Hall–Kier alpha value is -13.7. The summed E-state index contributed by atoms with van der Waals surface area (Å²) in [5, 5.41) is 12.2. The zero-order valence-corrected chi connectivity index (χ0v) is 55.9. The largest absolute Gasteiger partial charge is 0.318 e.